The number of rotatable bonds is 5. The van der Waals surface area contributed by atoms with E-state index in [2.05, 4.69) is 15.0 Å². The molecule has 1 aliphatic carbocycles. The summed E-state index contributed by atoms with van der Waals surface area (Å²) in [6.45, 7) is 3.11. The maximum Gasteiger partial charge on any atom is 0.249 e. The van der Waals surface area contributed by atoms with Crippen LogP contribution in [0.3, 0.4) is 0 Å². The van der Waals surface area contributed by atoms with Gasteiger partial charge in [0.25, 0.3) is 0 Å². The van der Waals surface area contributed by atoms with Crippen LogP contribution < -0.4 is 0 Å². The molecule has 27 heavy (non-hydrogen) atoms. The Kier molecular flexibility index (Phi) is 4.25. The van der Waals surface area contributed by atoms with Crippen LogP contribution in [0.5, 0.6) is 0 Å². The maximum absolute atomic E-state index is 13.4. The van der Waals surface area contributed by atoms with Crippen LogP contribution in [0.4, 0.5) is 0 Å². The van der Waals surface area contributed by atoms with Gasteiger partial charge < -0.3 is 4.74 Å². The van der Waals surface area contributed by atoms with Gasteiger partial charge >= 0.3 is 0 Å². The predicted octanol–water partition coefficient (Wildman–Crippen LogP) is 2.16. The second kappa shape index (κ2) is 6.61. The third kappa shape index (κ3) is 2.63. The molecule has 0 fully saturated rings. The summed E-state index contributed by atoms with van der Waals surface area (Å²) in [5.41, 5.74) is 2.18. The number of fused-ring (bicyclic) bond motifs is 1. The molecule has 1 aromatic carbocycles. The molecule has 0 radical (unpaired) electrons. The minimum atomic E-state index is -0.212. The lowest BCUT2D eigenvalue weighted by Crippen LogP contribution is -2.53. The molecule has 2 heterocycles. The zero-order chi connectivity index (χ0) is 19.0. The lowest BCUT2D eigenvalue weighted by molar-refractivity contribution is -0.811. The van der Waals surface area contributed by atoms with E-state index in [0.717, 1.165) is 5.69 Å². The summed E-state index contributed by atoms with van der Waals surface area (Å²) in [6, 6.07) is 6.90. The molecular formula is C20H19N4O3+. The van der Waals surface area contributed by atoms with E-state index in [9.17, 15) is 9.59 Å². The fraction of sp³-hybridized carbons (Fsp3) is 0.250. The Morgan fingerprint density at radius 3 is 2.48 bits per heavy atom. The van der Waals surface area contributed by atoms with Crippen LogP contribution in [-0.4, -0.2) is 52.1 Å². The number of allylic oxidation sites excluding steroid dienone is 2. The summed E-state index contributed by atoms with van der Waals surface area (Å²) in [5, 5.41) is 0. The van der Waals surface area contributed by atoms with Crippen molar-refractivity contribution in [2.75, 3.05) is 20.3 Å². The van der Waals surface area contributed by atoms with Gasteiger partial charge in [0.2, 0.25) is 23.1 Å². The number of quaternary nitrogens is 1. The molecule has 0 N–H and O–H groups in total. The van der Waals surface area contributed by atoms with Gasteiger partial charge in [0.15, 0.2) is 5.70 Å². The smallest absolute Gasteiger partial charge is 0.249 e. The molecule has 4 rings (SSSR count). The van der Waals surface area contributed by atoms with E-state index in [-0.39, 0.29) is 21.7 Å². The number of Topliss-reactive ketones (excluding diaryl/α,β-unsaturated/α-hetero) is 2. The van der Waals surface area contributed by atoms with Crippen LogP contribution >= 0.6 is 0 Å². The van der Waals surface area contributed by atoms with Crippen LogP contribution in [0.25, 0.3) is 0 Å². The fourth-order valence-electron chi connectivity index (χ4n) is 3.75. The quantitative estimate of drug-likeness (QED) is 0.761. The van der Waals surface area contributed by atoms with Crippen molar-refractivity contribution >= 4 is 17.4 Å². The molecule has 1 aromatic heterocycles. The largest absolute Gasteiger partial charge is 0.379 e. The summed E-state index contributed by atoms with van der Waals surface area (Å²) in [4.78, 5) is 39.4. The Labute approximate surface area is 156 Å². The van der Waals surface area contributed by atoms with Crippen LogP contribution in [-0.2, 0) is 11.3 Å². The first-order valence-electron chi connectivity index (χ1n) is 8.68. The molecule has 1 unspecified atom stereocenters. The zero-order valence-electron chi connectivity index (χ0n) is 15.2. The van der Waals surface area contributed by atoms with Crippen molar-refractivity contribution in [2.24, 2.45) is 4.99 Å². The highest BCUT2D eigenvalue weighted by atomic mass is 16.5. The zero-order valence-corrected chi connectivity index (χ0v) is 15.2. The molecule has 1 aliphatic heterocycles. The summed E-state index contributed by atoms with van der Waals surface area (Å²) < 4.78 is 5.43. The van der Waals surface area contributed by atoms with Crippen molar-refractivity contribution in [1.29, 1.82) is 0 Å². The second-order valence-electron chi connectivity index (χ2n) is 6.60. The number of ether oxygens (including phenoxy) is 1. The van der Waals surface area contributed by atoms with E-state index in [4.69, 9.17) is 4.74 Å². The minimum Gasteiger partial charge on any atom is -0.379 e. The summed E-state index contributed by atoms with van der Waals surface area (Å²) >= 11 is 0. The SMILES string of the molecule is COCC[N+]1(Cc2cnccn2)C(C)=NC2=C1C(=O)c1ccccc1C2=O. The standard InChI is InChI=1S/C20H19N4O3/c1-13-23-17-18(20(26)16-6-4-3-5-15(16)19(17)25)24(13,9-10-27-2)12-14-11-21-7-8-22-14/h3-8,11H,9-10,12H2,1-2H3/q+1. The lowest BCUT2D eigenvalue weighted by atomic mass is 9.89. The van der Waals surface area contributed by atoms with E-state index in [1.807, 2.05) is 6.92 Å². The van der Waals surface area contributed by atoms with Crippen molar-refractivity contribution in [3.8, 4) is 0 Å². The van der Waals surface area contributed by atoms with Crippen LogP contribution in [0.1, 0.15) is 33.3 Å². The van der Waals surface area contributed by atoms with Crippen molar-refractivity contribution < 1.29 is 18.8 Å². The van der Waals surface area contributed by atoms with Gasteiger partial charge in [-0.2, -0.15) is 4.99 Å². The van der Waals surface area contributed by atoms with Crippen molar-refractivity contribution in [2.45, 2.75) is 13.5 Å². The molecular weight excluding hydrogens is 344 g/mol. The minimum absolute atomic E-state index is 0.126. The number of amidine groups is 1. The molecule has 1 atom stereocenters. The maximum atomic E-state index is 13.4. The first kappa shape index (κ1) is 17.4. The number of aromatic nitrogens is 2. The van der Waals surface area contributed by atoms with Crippen molar-refractivity contribution in [1.82, 2.24) is 9.97 Å². The van der Waals surface area contributed by atoms with Gasteiger partial charge in [0, 0.05) is 37.6 Å². The number of nitrogens with zero attached hydrogens (tertiary/aromatic N) is 4. The van der Waals surface area contributed by atoms with Crippen molar-refractivity contribution in [3.63, 3.8) is 0 Å². The molecule has 0 spiro atoms. The van der Waals surface area contributed by atoms with Crippen LogP contribution in [0.2, 0.25) is 0 Å². The van der Waals surface area contributed by atoms with E-state index in [1.54, 1.807) is 50.0 Å². The average molecular weight is 363 g/mol. The monoisotopic (exact) mass is 363 g/mol. The second-order valence-corrected chi connectivity index (χ2v) is 6.60. The molecule has 136 valence electrons. The third-order valence-electron chi connectivity index (χ3n) is 5.12. The van der Waals surface area contributed by atoms with Gasteiger partial charge in [-0.25, -0.2) is 4.48 Å². The predicted molar refractivity (Wildman–Crippen MR) is 98.0 cm³/mol. The summed E-state index contributed by atoms with van der Waals surface area (Å²) in [5.74, 6) is 0.300. The highest BCUT2D eigenvalue weighted by Crippen LogP contribution is 2.39. The summed E-state index contributed by atoms with van der Waals surface area (Å²) in [7, 11) is 1.61. The number of hydrogen-bond acceptors (Lipinski definition) is 6. The first-order chi connectivity index (χ1) is 13.1. The highest BCUT2D eigenvalue weighted by molar-refractivity contribution is 6.27. The molecule has 2 aromatic rings. The van der Waals surface area contributed by atoms with E-state index in [0.29, 0.717) is 42.4 Å². The molecule has 0 bridgehead atoms. The topological polar surface area (TPSA) is 81.5 Å². The molecule has 0 saturated heterocycles. The number of methoxy groups -OCH3 is 1. The fourth-order valence-corrected chi connectivity index (χ4v) is 3.75. The number of carbonyl (C=O) groups is 2. The molecule has 0 amide bonds. The molecule has 7 heteroatoms. The van der Waals surface area contributed by atoms with Crippen molar-refractivity contribution in [3.05, 3.63) is 71.1 Å². The van der Waals surface area contributed by atoms with Gasteiger partial charge in [-0.05, 0) is 0 Å². The third-order valence-corrected chi connectivity index (χ3v) is 5.12. The normalized spacial score (nSPS) is 21.2. The molecule has 2 aliphatic rings. The number of hydrogen-bond donors (Lipinski definition) is 0. The lowest BCUT2D eigenvalue weighted by Gasteiger charge is -2.35. The average Bonchev–Trinajstić information content (AvgIpc) is 2.98. The molecule has 0 saturated carbocycles. The summed E-state index contributed by atoms with van der Waals surface area (Å²) in [6.07, 6.45) is 4.88. The Bertz CT molecular complexity index is 997. The number of carbonyl (C=O) groups excluding carboxylic acids is 2. The van der Waals surface area contributed by atoms with E-state index < -0.39 is 0 Å². The number of ketones is 2. The Balaban J connectivity index is 1.88. The van der Waals surface area contributed by atoms with E-state index in [1.165, 1.54) is 0 Å². The Morgan fingerprint density at radius 1 is 1.07 bits per heavy atom. The van der Waals surface area contributed by atoms with E-state index >= 15 is 0 Å². The Hall–Kier alpha value is -3.03. The van der Waals surface area contributed by atoms with Gasteiger partial charge in [-0.15, -0.1) is 0 Å². The molecule has 7 nitrogen and oxygen atoms in total. The van der Waals surface area contributed by atoms with Gasteiger partial charge in [0.05, 0.1) is 12.8 Å². The number of aliphatic imine (C=N–C) groups is 1. The van der Waals surface area contributed by atoms with Crippen LogP contribution in [0.15, 0.2) is 59.2 Å². The first-order valence-corrected chi connectivity index (χ1v) is 8.68. The Morgan fingerprint density at radius 2 is 1.81 bits per heavy atom. The van der Waals surface area contributed by atoms with Gasteiger partial charge in [-0.1, -0.05) is 24.3 Å². The van der Waals surface area contributed by atoms with Gasteiger partial charge in [-0.3, -0.25) is 19.6 Å². The van der Waals surface area contributed by atoms with Crippen LogP contribution in [0, 0.1) is 0 Å². The number of benzene rings is 1. The van der Waals surface area contributed by atoms with Gasteiger partial charge in [0.1, 0.15) is 18.8 Å². The highest BCUT2D eigenvalue weighted by Gasteiger charge is 2.52.